The second-order valence-corrected chi connectivity index (χ2v) is 8.47. The van der Waals surface area contributed by atoms with E-state index in [1.807, 2.05) is 23.1 Å². The molecule has 8 heteroatoms. The van der Waals surface area contributed by atoms with Crippen LogP contribution >= 0.6 is 11.8 Å². The van der Waals surface area contributed by atoms with Crippen LogP contribution in [0.15, 0.2) is 35.5 Å². The highest BCUT2D eigenvalue weighted by molar-refractivity contribution is 7.99. The molecule has 1 aromatic heterocycles. The summed E-state index contributed by atoms with van der Waals surface area (Å²) in [4.78, 5) is 19.3. The number of rotatable bonds is 6. The van der Waals surface area contributed by atoms with E-state index < -0.39 is 0 Å². The van der Waals surface area contributed by atoms with Gasteiger partial charge in [0.15, 0.2) is 11.0 Å². The summed E-state index contributed by atoms with van der Waals surface area (Å²) in [5, 5.41) is 9.70. The van der Waals surface area contributed by atoms with Crippen LogP contribution in [0.1, 0.15) is 18.7 Å². The molecule has 2 aromatic rings. The van der Waals surface area contributed by atoms with Gasteiger partial charge in [-0.3, -0.25) is 14.3 Å². The Labute approximate surface area is 170 Å². The molecule has 2 saturated heterocycles. The average molecular weight is 401 g/mol. The molecule has 0 N–H and O–H groups in total. The minimum absolute atomic E-state index is 0.182. The molecule has 4 rings (SSSR count). The number of likely N-dealkylation sites (tertiary alicyclic amines) is 1. The van der Waals surface area contributed by atoms with Crippen LogP contribution in [0.25, 0.3) is 5.69 Å². The number of carbonyl (C=O) groups is 1. The van der Waals surface area contributed by atoms with Crippen LogP contribution in [-0.2, 0) is 11.3 Å². The largest absolute Gasteiger partial charge is 0.339 e. The summed E-state index contributed by atoms with van der Waals surface area (Å²) in [5.41, 5.74) is 1.05. The molecule has 1 amide bonds. The molecule has 0 atom stereocenters. The SMILES string of the molecule is CN1CCN(C(=O)CSc2nnc(CN3CCCC3)n2-c2ccccc2)CC1. The zero-order valence-electron chi connectivity index (χ0n) is 16.5. The molecule has 1 aromatic carbocycles. The van der Waals surface area contributed by atoms with E-state index in [4.69, 9.17) is 0 Å². The van der Waals surface area contributed by atoms with Crippen molar-refractivity contribution in [2.45, 2.75) is 24.5 Å². The third-order valence-electron chi connectivity index (χ3n) is 5.46. The van der Waals surface area contributed by atoms with Gasteiger partial charge in [-0.2, -0.15) is 0 Å². The number of hydrogen-bond acceptors (Lipinski definition) is 6. The molecule has 2 fully saturated rings. The van der Waals surface area contributed by atoms with E-state index in [-0.39, 0.29) is 5.91 Å². The lowest BCUT2D eigenvalue weighted by molar-refractivity contribution is -0.129. The number of carbonyl (C=O) groups excluding carboxylic acids is 1. The maximum Gasteiger partial charge on any atom is 0.233 e. The van der Waals surface area contributed by atoms with Crippen molar-refractivity contribution in [3.8, 4) is 5.69 Å². The van der Waals surface area contributed by atoms with Crippen LogP contribution in [0, 0.1) is 0 Å². The van der Waals surface area contributed by atoms with Gasteiger partial charge in [0.25, 0.3) is 0 Å². The van der Waals surface area contributed by atoms with Gasteiger partial charge in [0, 0.05) is 31.9 Å². The summed E-state index contributed by atoms with van der Waals surface area (Å²) in [7, 11) is 2.10. The Morgan fingerprint density at radius 2 is 1.71 bits per heavy atom. The van der Waals surface area contributed by atoms with Crippen molar-refractivity contribution in [2.24, 2.45) is 0 Å². The quantitative estimate of drug-likeness (QED) is 0.689. The van der Waals surface area contributed by atoms with E-state index in [0.717, 1.165) is 62.5 Å². The number of aromatic nitrogens is 3. The van der Waals surface area contributed by atoms with E-state index in [1.54, 1.807) is 0 Å². The van der Waals surface area contributed by atoms with Crippen LogP contribution in [0.3, 0.4) is 0 Å². The van der Waals surface area contributed by atoms with Gasteiger partial charge in [0.1, 0.15) is 0 Å². The van der Waals surface area contributed by atoms with E-state index in [9.17, 15) is 4.79 Å². The van der Waals surface area contributed by atoms with Crippen molar-refractivity contribution in [2.75, 3.05) is 52.1 Å². The van der Waals surface area contributed by atoms with Gasteiger partial charge in [-0.15, -0.1) is 10.2 Å². The second-order valence-electron chi connectivity index (χ2n) is 7.53. The maximum atomic E-state index is 12.6. The number of amides is 1. The van der Waals surface area contributed by atoms with Gasteiger partial charge in [0.05, 0.1) is 12.3 Å². The predicted molar refractivity (Wildman–Crippen MR) is 111 cm³/mol. The number of hydrogen-bond donors (Lipinski definition) is 0. The summed E-state index contributed by atoms with van der Waals surface area (Å²) in [6, 6.07) is 10.2. The highest BCUT2D eigenvalue weighted by atomic mass is 32.2. The van der Waals surface area contributed by atoms with Crippen LogP contribution in [0.4, 0.5) is 0 Å². The summed E-state index contributed by atoms with van der Waals surface area (Å²) in [6.07, 6.45) is 2.50. The van der Waals surface area contributed by atoms with Crippen LogP contribution in [0.2, 0.25) is 0 Å². The van der Waals surface area contributed by atoms with E-state index in [2.05, 4.69) is 43.7 Å². The lowest BCUT2D eigenvalue weighted by atomic mass is 10.3. The molecule has 2 aliphatic rings. The number of piperazine rings is 1. The summed E-state index contributed by atoms with van der Waals surface area (Å²) < 4.78 is 2.11. The molecule has 28 heavy (non-hydrogen) atoms. The highest BCUT2D eigenvalue weighted by Gasteiger charge is 2.22. The number of thioether (sulfide) groups is 1. The van der Waals surface area contributed by atoms with Crippen molar-refractivity contribution >= 4 is 17.7 Å². The van der Waals surface area contributed by atoms with Crippen molar-refractivity contribution in [3.63, 3.8) is 0 Å². The molecule has 3 heterocycles. The first-order valence-corrected chi connectivity index (χ1v) is 11.0. The summed E-state index contributed by atoms with van der Waals surface area (Å²) >= 11 is 1.49. The zero-order chi connectivity index (χ0) is 19.3. The monoisotopic (exact) mass is 400 g/mol. The fourth-order valence-electron chi connectivity index (χ4n) is 3.75. The molecule has 0 radical (unpaired) electrons. The number of likely N-dealkylation sites (N-methyl/N-ethyl adjacent to an activating group) is 1. The first-order valence-electron chi connectivity index (χ1n) is 10.0. The molecular weight excluding hydrogens is 372 g/mol. The van der Waals surface area contributed by atoms with Gasteiger partial charge >= 0.3 is 0 Å². The number of para-hydroxylation sites is 1. The molecule has 2 aliphatic heterocycles. The Morgan fingerprint density at radius 1 is 1.00 bits per heavy atom. The Balaban J connectivity index is 1.48. The first kappa shape index (κ1) is 19.4. The summed E-state index contributed by atoms with van der Waals surface area (Å²) in [6.45, 7) is 6.53. The molecule has 0 unspecified atom stereocenters. The van der Waals surface area contributed by atoms with Crippen LogP contribution < -0.4 is 0 Å². The minimum Gasteiger partial charge on any atom is -0.339 e. The summed E-state index contributed by atoms with van der Waals surface area (Å²) in [5.74, 6) is 1.53. The molecule has 0 spiro atoms. The van der Waals surface area contributed by atoms with Crippen molar-refractivity contribution in [3.05, 3.63) is 36.2 Å². The molecule has 7 nitrogen and oxygen atoms in total. The molecule has 0 bridgehead atoms. The minimum atomic E-state index is 0.182. The van der Waals surface area contributed by atoms with Gasteiger partial charge in [-0.1, -0.05) is 30.0 Å². The van der Waals surface area contributed by atoms with Gasteiger partial charge in [-0.25, -0.2) is 0 Å². The van der Waals surface area contributed by atoms with Gasteiger partial charge in [-0.05, 0) is 45.1 Å². The van der Waals surface area contributed by atoms with Crippen LogP contribution in [-0.4, -0.2) is 87.4 Å². The molecular formula is C20H28N6OS. The third kappa shape index (κ3) is 4.56. The Kier molecular flexibility index (Phi) is 6.29. The van der Waals surface area contributed by atoms with Crippen molar-refractivity contribution in [1.29, 1.82) is 0 Å². The van der Waals surface area contributed by atoms with E-state index >= 15 is 0 Å². The standard InChI is InChI=1S/C20H28N6OS/c1-23-11-13-25(14-12-23)19(27)16-28-20-22-21-18(15-24-9-5-6-10-24)26(20)17-7-3-2-4-8-17/h2-4,7-8H,5-6,9-16H2,1H3. The second kappa shape index (κ2) is 9.07. The highest BCUT2D eigenvalue weighted by Crippen LogP contribution is 2.24. The zero-order valence-corrected chi connectivity index (χ0v) is 17.3. The van der Waals surface area contributed by atoms with Gasteiger partial charge < -0.3 is 9.80 Å². The first-order chi connectivity index (χ1) is 13.7. The fourth-order valence-corrected chi connectivity index (χ4v) is 4.62. The van der Waals surface area contributed by atoms with E-state index in [0.29, 0.717) is 5.75 Å². The lowest BCUT2D eigenvalue weighted by Crippen LogP contribution is -2.47. The predicted octanol–water partition coefficient (Wildman–Crippen LogP) is 1.73. The number of nitrogens with zero attached hydrogens (tertiary/aromatic N) is 6. The van der Waals surface area contributed by atoms with Crippen LogP contribution in [0.5, 0.6) is 0 Å². The van der Waals surface area contributed by atoms with E-state index in [1.165, 1.54) is 24.6 Å². The average Bonchev–Trinajstić information content (AvgIpc) is 3.37. The smallest absolute Gasteiger partial charge is 0.233 e. The normalized spacial score (nSPS) is 18.7. The molecule has 0 aliphatic carbocycles. The Morgan fingerprint density at radius 3 is 2.43 bits per heavy atom. The van der Waals surface area contributed by atoms with Crippen molar-refractivity contribution in [1.82, 2.24) is 29.5 Å². The Bertz CT molecular complexity index is 781. The molecule has 0 saturated carbocycles. The van der Waals surface area contributed by atoms with Crippen molar-refractivity contribution < 1.29 is 4.79 Å². The molecule has 150 valence electrons. The Hall–Kier alpha value is -1.90. The maximum absolute atomic E-state index is 12.6. The lowest BCUT2D eigenvalue weighted by Gasteiger charge is -2.32. The van der Waals surface area contributed by atoms with Gasteiger partial charge in [0.2, 0.25) is 5.91 Å². The third-order valence-corrected chi connectivity index (χ3v) is 6.37. The topological polar surface area (TPSA) is 57.5 Å². The number of benzene rings is 1. The fraction of sp³-hybridized carbons (Fsp3) is 0.550.